The lowest BCUT2D eigenvalue weighted by Crippen LogP contribution is -2.42. The molecule has 4 rings (SSSR count). The lowest BCUT2D eigenvalue weighted by molar-refractivity contribution is -0.138. The van der Waals surface area contributed by atoms with E-state index in [1.165, 1.54) is 6.07 Å². The van der Waals surface area contributed by atoms with E-state index in [0.29, 0.717) is 24.0 Å². The molecule has 1 saturated heterocycles. The first kappa shape index (κ1) is 23.3. The molecule has 1 saturated carbocycles. The molecule has 2 aromatic rings. The average molecular weight is 459 g/mol. The number of nitrogens with one attached hydrogen (secondary N) is 1. The van der Waals surface area contributed by atoms with Gasteiger partial charge in [-0.1, -0.05) is 43.2 Å². The molecule has 4 nitrogen and oxygen atoms in total. The second-order valence-electron chi connectivity index (χ2n) is 9.10. The molecule has 1 aliphatic carbocycles. The molecule has 0 radical (unpaired) electrons. The average Bonchev–Trinajstić information content (AvgIpc) is 3.34. The van der Waals surface area contributed by atoms with Crippen LogP contribution in [0.25, 0.3) is 0 Å². The van der Waals surface area contributed by atoms with Crippen molar-refractivity contribution in [3.63, 3.8) is 0 Å². The normalized spacial score (nSPS) is 18.2. The van der Waals surface area contributed by atoms with E-state index >= 15 is 0 Å². The Hall–Kier alpha value is -2.83. The van der Waals surface area contributed by atoms with Crippen molar-refractivity contribution in [2.24, 2.45) is 0 Å². The molecule has 176 valence electrons. The van der Waals surface area contributed by atoms with Crippen molar-refractivity contribution in [3.05, 3.63) is 70.8 Å². The summed E-state index contributed by atoms with van der Waals surface area (Å²) in [4.78, 5) is 28.0. The van der Waals surface area contributed by atoms with Gasteiger partial charge in [0.2, 0.25) is 5.91 Å². The molecule has 0 bridgehead atoms. The molecule has 0 unspecified atom stereocenters. The molecular formula is C26H29F3N2O2. The Morgan fingerprint density at radius 3 is 2.30 bits per heavy atom. The zero-order valence-corrected chi connectivity index (χ0v) is 18.6. The summed E-state index contributed by atoms with van der Waals surface area (Å²) in [5.74, 6) is -0.258. The Bertz CT molecular complexity index is 1010. The number of benzene rings is 2. The molecule has 2 amide bonds. The van der Waals surface area contributed by atoms with Crippen LogP contribution in [-0.4, -0.2) is 29.8 Å². The van der Waals surface area contributed by atoms with E-state index in [9.17, 15) is 22.8 Å². The third-order valence-corrected chi connectivity index (χ3v) is 6.90. The Kier molecular flexibility index (Phi) is 6.77. The van der Waals surface area contributed by atoms with E-state index in [4.69, 9.17) is 0 Å². The molecule has 0 spiro atoms. The number of nitrogens with zero attached hydrogens (tertiary/aromatic N) is 1. The molecule has 2 fully saturated rings. The number of carbonyl (C=O) groups excluding carboxylic acids is 2. The fourth-order valence-corrected chi connectivity index (χ4v) is 5.06. The third kappa shape index (κ3) is 5.07. The van der Waals surface area contributed by atoms with Crippen molar-refractivity contribution in [2.45, 2.75) is 63.1 Å². The molecule has 2 aromatic carbocycles. The second kappa shape index (κ2) is 9.57. The summed E-state index contributed by atoms with van der Waals surface area (Å²) in [6.45, 7) is 1.75. The van der Waals surface area contributed by atoms with Gasteiger partial charge in [-0.05, 0) is 61.4 Å². The predicted molar refractivity (Wildman–Crippen MR) is 120 cm³/mol. The number of alkyl halides is 3. The van der Waals surface area contributed by atoms with Crippen LogP contribution < -0.4 is 5.32 Å². The van der Waals surface area contributed by atoms with Gasteiger partial charge in [0.1, 0.15) is 0 Å². The Morgan fingerprint density at radius 1 is 0.909 bits per heavy atom. The van der Waals surface area contributed by atoms with Crippen LogP contribution >= 0.6 is 0 Å². The predicted octanol–water partition coefficient (Wildman–Crippen LogP) is 5.46. The van der Waals surface area contributed by atoms with Crippen molar-refractivity contribution in [2.75, 3.05) is 13.1 Å². The van der Waals surface area contributed by atoms with E-state index in [0.717, 1.165) is 62.9 Å². The molecule has 1 heterocycles. The SMILES string of the molecule is O=C(c1cccc(CNC(=O)C2(c3cccc(C(F)(F)F)c3)CCCC2)c1)N1CCCCC1. The fraction of sp³-hybridized carbons (Fsp3) is 0.462. The van der Waals surface area contributed by atoms with Crippen molar-refractivity contribution < 1.29 is 22.8 Å². The fourth-order valence-electron chi connectivity index (χ4n) is 5.06. The lowest BCUT2D eigenvalue weighted by atomic mass is 9.77. The van der Waals surface area contributed by atoms with Gasteiger partial charge in [0, 0.05) is 25.2 Å². The zero-order chi connectivity index (χ0) is 23.5. The van der Waals surface area contributed by atoms with Crippen molar-refractivity contribution >= 4 is 11.8 Å². The molecule has 1 aliphatic heterocycles. The highest BCUT2D eigenvalue weighted by atomic mass is 19.4. The van der Waals surface area contributed by atoms with Gasteiger partial charge in [0.15, 0.2) is 0 Å². The van der Waals surface area contributed by atoms with Crippen LogP contribution in [0.15, 0.2) is 48.5 Å². The van der Waals surface area contributed by atoms with Crippen LogP contribution in [0.5, 0.6) is 0 Å². The van der Waals surface area contributed by atoms with Crippen molar-refractivity contribution in [1.29, 1.82) is 0 Å². The second-order valence-corrected chi connectivity index (χ2v) is 9.10. The molecule has 0 atom stereocenters. The number of halogens is 3. The molecular weight excluding hydrogens is 429 g/mol. The minimum atomic E-state index is -4.45. The number of rotatable bonds is 5. The van der Waals surface area contributed by atoms with Crippen LogP contribution in [0.1, 0.15) is 72.0 Å². The van der Waals surface area contributed by atoms with Crippen molar-refractivity contribution in [3.8, 4) is 0 Å². The van der Waals surface area contributed by atoms with Gasteiger partial charge in [-0.15, -0.1) is 0 Å². The van der Waals surface area contributed by atoms with Crippen LogP contribution in [0, 0.1) is 0 Å². The van der Waals surface area contributed by atoms with Gasteiger partial charge in [-0.3, -0.25) is 9.59 Å². The number of amides is 2. The first-order chi connectivity index (χ1) is 15.8. The Morgan fingerprint density at radius 2 is 1.61 bits per heavy atom. The smallest absolute Gasteiger partial charge is 0.351 e. The molecule has 1 N–H and O–H groups in total. The molecule has 2 aliphatic rings. The van der Waals surface area contributed by atoms with Gasteiger partial charge in [0.05, 0.1) is 11.0 Å². The zero-order valence-electron chi connectivity index (χ0n) is 18.6. The topological polar surface area (TPSA) is 49.4 Å². The third-order valence-electron chi connectivity index (χ3n) is 6.90. The van der Waals surface area contributed by atoms with Crippen LogP contribution in [0.2, 0.25) is 0 Å². The highest BCUT2D eigenvalue weighted by molar-refractivity contribution is 5.94. The molecule has 7 heteroatoms. The highest BCUT2D eigenvalue weighted by Gasteiger charge is 2.43. The van der Waals surface area contributed by atoms with Gasteiger partial charge >= 0.3 is 6.18 Å². The van der Waals surface area contributed by atoms with Gasteiger partial charge < -0.3 is 10.2 Å². The first-order valence-electron chi connectivity index (χ1n) is 11.6. The highest BCUT2D eigenvalue weighted by Crippen LogP contribution is 2.43. The van der Waals surface area contributed by atoms with E-state index < -0.39 is 17.2 Å². The molecule has 0 aromatic heterocycles. The maximum Gasteiger partial charge on any atom is 0.416 e. The lowest BCUT2D eigenvalue weighted by Gasteiger charge is -2.29. The van der Waals surface area contributed by atoms with Gasteiger partial charge in [0.25, 0.3) is 5.91 Å². The summed E-state index contributed by atoms with van der Waals surface area (Å²) in [6, 6.07) is 12.4. The summed E-state index contributed by atoms with van der Waals surface area (Å²) in [7, 11) is 0. The number of piperidine rings is 1. The van der Waals surface area contributed by atoms with E-state index in [1.807, 2.05) is 11.0 Å². The summed E-state index contributed by atoms with van der Waals surface area (Å²) >= 11 is 0. The maximum absolute atomic E-state index is 13.3. The summed E-state index contributed by atoms with van der Waals surface area (Å²) in [5, 5.41) is 2.94. The van der Waals surface area contributed by atoms with Crippen LogP contribution in [-0.2, 0) is 22.9 Å². The standard InChI is InChI=1S/C26H29F3N2O2/c27-26(28,29)22-11-7-10-21(17-22)25(12-2-3-13-25)24(33)30-18-19-8-6-9-20(16-19)23(32)31-14-4-1-5-15-31/h6-11,16-17H,1-5,12-15,18H2,(H,30,33). The van der Waals surface area contributed by atoms with E-state index in [-0.39, 0.29) is 18.4 Å². The van der Waals surface area contributed by atoms with Crippen LogP contribution in [0.4, 0.5) is 13.2 Å². The Balaban J connectivity index is 1.49. The first-order valence-corrected chi connectivity index (χ1v) is 11.6. The van der Waals surface area contributed by atoms with Crippen molar-refractivity contribution in [1.82, 2.24) is 10.2 Å². The molecule has 33 heavy (non-hydrogen) atoms. The van der Waals surface area contributed by atoms with E-state index in [1.54, 1.807) is 24.3 Å². The number of likely N-dealkylation sites (tertiary alicyclic amines) is 1. The maximum atomic E-state index is 13.3. The van der Waals surface area contributed by atoms with E-state index in [2.05, 4.69) is 5.32 Å². The van der Waals surface area contributed by atoms with Gasteiger partial charge in [-0.25, -0.2) is 0 Å². The summed E-state index contributed by atoms with van der Waals surface area (Å²) < 4.78 is 39.8. The minimum Gasteiger partial charge on any atom is -0.351 e. The number of hydrogen-bond donors (Lipinski definition) is 1. The largest absolute Gasteiger partial charge is 0.416 e. The summed E-state index contributed by atoms with van der Waals surface area (Å²) in [5.41, 5.74) is 0.118. The van der Waals surface area contributed by atoms with Crippen LogP contribution in [0.3, 0.4) is 0 Å². The minimum absolute atomic E-state index is 0.000828. The van der Waals surface area contributed by atoms with Gasteiger partial charge in [-0.2, -0.15) is 13.2 Å². The number of hydrogen-bond acceptors (Lipinski definition) is 2. The monoisotopic (exact) mass is 458 g/mol. The number of carbonyl (C=O) groups is 2. The quantitative estimate of drug-likeness (QED) is 0.647. The Labute approximate surface area is 192 Å². The summed E-state index contributed by atoms with van der Waals surface area (Å²) in [6.07, 6.45) is 1.35.